The quantitative estimate of drug-likeness (QED) is 0.693. The third-order valence-electron chi connectivity index (χ3n) is 3.13. The van der Waals surface area contributed by atoms with Crippen molar-refractivity contribution in [3.05, 3.63) is 70.2 Å². The Morgan fingerprint density at radius 2 is 1.68 bits per heavy atom. The van der Waals surface area contributed by atoms with Gasteiger partial charge in [-0.1, -0.05) is 24.3 Å². The Labute approximate surface area is 121 Å². The number of benzene rings is 2. The molecule has 112 valence electrons. The zero-order chi connectivity index (χ0) is 15.9. The molecule has 0 N–H and O–H groups in total. The van der Waals surface area contributed by atoms with Crippen molar-refractivity contribution in [2.75, 3.05) is 0 Å². The Bertz CT molecular complexity index is 907. The molecule has 4 nitrogen and oxygen atoms in total. The summed E-state index contributed by atoms with van der Waals surface area (Å²) in [7, 11) is 0. The van der Waals surface area contributed by atoms with Crippen molar-refractivity contribution in [1.29, 1.82) is 0 Å². The number of nitrogens with zero attached hydrogens (tertiary/aromatic N) is 1. The SMILES string of the molecule is O=C(c1ccccc1)n1c(=O)oc2cccc(C(F)(F)F)c21. The molecule has 0 saturated heterocycles. The van der Waals surface area contributed by atoms with Crippen LogP contribution in [0, 0.1) is 0 Å². The first kappa shape index (κ1) is 14.1. The Morgan fingerprint density at radius 1 is 1.00 bits per heavy atom. The number of carbonyl (C=O) groups is 1. The molecule has 0 saturated carbocycles. The zero-order valence-corrected chi connectivity index (χ0v) is 10.9. The monoisotopic (exact) mass is 307 g/mol. The van der Waals surface area contributed by atoms with Crippen molar-refractivity contribution in [3.63, 3.8) is 0 Å². The first-order valence-corrected chi connectivity index (χ1v) is 6.21. The van der Waals surface area contributed by atoms with Crippen molar-refractivity contribution >= 4 is 17.0 Å². The lowest BCUT2D eigenvalue weighted by Gasteiger charge is -2.09. The van der Waals surface area contributed by atoms with Gasteiger partial charge in [-0.2, -0.15) is 13.2 Å². The molecule has 0 atom stereocenters. The number of aromatic nitrogens is 1. The van der Waals surface area contributed by atoms with Crippen LogP contribution in [-0.4, -0.2) is 10.5 Å². The van der Waals surface area contributed by atoms with E-state index in [1.165, 1.54) is 18.2 Å². The summed E-state index contributed by atoms with van der Waals surface area (Å²) in [6.45, 7) is 0. The maximum absolute atomic E-state index is 13.1. The number of para-hydroxylation sites is 1. The van der Waals surface area contributed by atoms with Gasteiger partial charge in [-0.05, 0) is 24.3 Å². The van der Waals surface area contributed by atoms with Gasteiger partial charge >= 0.3 is 11.9 Å². The molecule has 3 aromatic rings. The van der Waals surface area contributed by atoms with Crippen molar-refractivity contribution in [2.45, 2.75) is 6.18 Å². The second-order valence-electron chi connectivity index (χ2n) is 4.52. The third-order valence-corrected chi connectivity index (χ3v) is 3.13. The van der Waals surface area contributed by atoms with Crippen molar-refractivity contribution in [1.82, 2.24) is 4.57 Å². The minimum atomic E-state index is -4.71. The number of oxazole rings is 1. The summed E-state index contributed by atoms with van der Waals surface area (Å²) in [6.07, 6.45) is -4.71. The van der Waals surface area contributed by atoms with E-state index in [-0.39, 0.29) is 11.1 Å². The summed E-state index contributed by atoms with van der Waals surface area (Å²) in [4.78, 5) is 24.2. The normalized spacial score (nSPS) is 11.8. The lowest BCUT2D eigenvalue weighted by molar-refractivity contribution is -0.136. The van der Waals surface area contributed by atoms with Crippen LogP contribution in [0.1, 0.15) is 15.9 Å². The Balaban J connectivity index is 2.33. The Hall–Kier alpha value is -2.83. The van der Waals surface area contributed by atoms with Gasteiger partial charge in [-0.3, -0.25) is 4.79 Å². The van der Waals surface area contributed by atoms with Gasteiger partial charge in [0.1, 0.15) is 5.52 Å². The van der Waals surface area contributed by atoms with Crippen LogP contribution in [0.2, 0.25) is 0 Å². The van der Waals surface area contributed by atoms with Crippen LogP contribution >= 0.6 is 0 Å². The summed E-state index contributed by atoms with van der Waals surface area (Å²) in [5.41, 5.74) is -1.87. The molecule has 1 aromatic heterocycles. The fourth-order valence-electron chi connectivity index (χ4n) is 2.19. The lowest BCUT2D eigenvalue weighted by Crippen LogP contribution is -2.24. The van der Waals surface area contributed by atoms with Crippen LogP contribution in [0.4, 0.5) is 13.2 Å². The highest BCUT2D eigenvalue weighted by Crippen LogP contribution is 2.34. The van der Waals surface area contributed by atoms with Crippen molar-refractivity contribution in [3.8, 4) is 0 Å². The number of rotatable bonds is 1. The van der Waals surface area contributed by atoms with Gasteiger partial charge in [0.25, 0.3) is 5.91 Å². The predicted molar refractivity (Wildman–Crippen MR) is 71.6 cm³/mol. The van der Waals surface area contributed by atoms with Gasteiger partial charge in [-0.15, -0.1) is 0 Å². The molecule has 0 bridgehead atoms. The van der Waals surface area contributed by atoms with E-state index in [1.54, 1.807) is 18.2 Å². The fraction of sp³-hybridized carbons (Fsp3) is 0.0667. The van der Waals surface area contributed by atoms with E-state index < -0.39 is 28.9 Å². The van der Waals surface area contributed by atoms with Crippen LogP contribution in [0.15, 0.2) is 57.7 Å². The van der Waals surface area contributed by atoms with E-state index >= 15 is 0 Å². The highest BCUT2D eigenvalue weighted by molar-refractivity contribution is 6.01. The minimum Gasteiger partial charge on any atom is -0.407 e. The molecular weight excluding hydrogens is 299 g/mol. The molecule has 0 aliphatic carbocycles. The van der Waals surface area contributed by atoms with Crippen LogP contribution in [-0.2, 0) is 6.18 Å². The number of carbonyl (C=O) groups excluding carboxylic acids is 1. The number of hydrogen-bond donors (Lipinski definition) is 0. The minimum absolute atomic E-state index is 0.0873. The van der Waals surface area contributed by atoms with E-state index in [0.717, 1.165) is 12.1 Å². The number of fused-ring (bicyclic) bond motifs is 1. The lowest BCUT2D eigenvalue weighted by atomic mass is 10.1. The van der Waals surface area contributed by atoms with E-state index in [0.29, 0.717) is 4.57 Å². The second-order valence-corrected chi connectivity index (χ2v) is 4.52. The first-order chi connectivity index (χ1) is 10.4. The maximum atomic E-state index is 13.1. The summed E-state index contributed by atoms with van der Waals surface area (Å²) in [5.74, 6) is -2.03. The van der Waals surface area contributed by atoms with E-state index in [2.05, 4.69) is 0 Å². The average molecular weight is 307 g/mol. The van der Waals surface area contributed by atoms with Crippen molar-refractivity contribution < 1.29 is 22.4 Å². The number of alkyl halides is 3. The van der Waals surface area contributed by atoms with Gasteiger partial charge < -0.3 is 4.42 Å². The molecule has 0 spiro atoms. The van der Waals surface area contributed by atoms with Gasteiger partial charge in [0.05, 0.1) is 5.56 Å². The molecule has 0 aliphatic heterocycles. The summed E-state index contributed by atoms with van der Waals surface area (Å²) in [5, 5.41) is 0. The molecule has 0 amide bonds. The van der Waals surface area contributed by atoms with Gasteiger partial charge in [0.15, 0.2) is 5.58 Å². The van der Waals surface area contributed by atoms with Gasteiger partial charge in [0, 0.05) is 5.56 Å². The Morgan fingerprint density at radius 3 is 2.32 bits per heavy atom. The molecule has 0 fully saturated rings. The maximum Gasteiger partial charge on any atom is 0.427 e. The predicted octanol–water partition coefficient (Wildman–Crippen LogP) is 3.30. The molecule has 2 aromatic carbocycles. The fourth-order valence-corrected chi connectivity index (χ4v) is 2.19. The molecule has 0 radical (unpaired) electrons. The Kier molecular flexibility index (Phi) is 3.13. The second kappa shape index (κ2) is 4.87. The average Bonchev–Trinajstić information content (AvgIpc) is 2.82. The van der Waals surface area contributed by atoms with E-state index in [4.69, 9.17) is 4.42 Å². The van der Waals surface area contributed by atoms with Crippen LogP contribution < -0.4 is 5.76 Å². The first-order valence-electron chi connectivity index (χ1n) is 6.21. The molecule has 22 heavy (non-hydrogen) atoms. The van der Waals surface area contributed by atoms with Crippen LogP contribution in [0.25, 0.3) is 11.1 Å². The largest absolute Gasteiger partial charge is 0.427 e. The molecule has 0 aliphatic rings. The van der Waals surface area contributed by atoms with Gasteiger partial charge in [0.2, 0.25) is 0 Å². The van der Waals surface area contributed by atoms with E-state index in [1.807, 2.05) is 0 Å². The number of hydrogen-bond acceptors (Lipinski definition) is 3. The molecule has 3 rings (SSSR count). The molecule has 7 heteroatoms. The standard InChI is InChI=1S/C15H8F3NO3/c16-15(17,18)10-7-4-8-11-12(10)19(14(21)22-11)13(20)9-5-2-1-3-6-9/h1-8H. The topological polar surface area (TPSA) is 52.2 Å². The van der Waals surface area contributed by atoms with Gasteiger partial charge in [-0.25, -0.2) is 9.36 Å². The van der Waals surface area contributed by atoms with Crippen LogP contribution in [0.3, 0.4) is 0 Å². The third kappa shape index (κ3) is 2.20. The number of halogens is 3. The van der Waals surface area contributed by atoms with Crippen molar-refractivity contribution in [2.24, 2.45) is 0 Å². The smallest absolute Gasteiger partial charge is 0.407 e. The summed E-state index contributed by atoms with van der Waals surface area (Å²) >= 11 is 0. The zero-order valence-electron chi connectivity index (χ0n) is 10.9. The molecule has 0 unspecified atom stereocenters. The summed E-state index contributed by atoms with van der Waals surface area (Å²) < 4.78 is 44.5. The highest BCUT2D eigenvalue weighted by Gasteiger charge is 2.36. The molecular formula is C15H8F3NO3. The van der Waals surface area contributed by atoms with E-state index in [9.17, 15) is 22.8 Å². The highest BCUT2D eigenvalue weighted by atomic mass is 19.4. The summed E-state index contributed by atoms with van der Waals surface area (Å²) in [6, 6.07) is 10.7. The molecule has 1 heterocycles. The van der Waals surface area contributed by atoms with Crippen LogP contribution in [0.5, 0.6) is 0 Å².